The minimum absolute atomic E-state index is 0.170. The molecule has 0 amide bonds. The first-order valence-corrected chi connectivity index (χ1v) is 25.7. The average molecular weight is 863 g/mol. The van der Waals surface area contributed by atoms with Gasteiger partial charge < -0.3 is 9.47 Å². The standard InChI is InChI=1S/C60H78O4/c1-7-13-17-19-21-33-55(61)63-59-49-31-25-23-29-47(49)57(53-41-45(35-37-51(53)59)39-43(11-5)27-15-9-3)58-48-30-24-26-32-50(48)60(64-56(62)34-22-20-18-14-8-2)52-38-36-46(42-54(52)58)40-44(12-6)28-16-10-4/h23-26,29-32,35-38,41-44H,7-22,27-28,33-34,39-40H2,1-6H3. The minimum Gasteiger partial charge on any atom is -0.425 e. The van der Waals surface area contributed by atoms with Crippen molar-refractivity contribution in [1.29, 1.82) is 0 Å². The average Bonchev–Trinajstić information content (AvgIpc) is 3.31. The number of hydrogen-bond acceptors (Lipinski definition) is 4. The van der Waals surface area contributed by atoms with Crippen LogP contribution in [0.5, 0.6) is 11.5 Å². The van der Waals surface area contributed by atoms with E-state index >= 15 is 0 Å². The molecule has 0 spiro atoms. The summed E-state index contributed by atoms with van der Waals surface area (Å²) in [5.41, 5.74) is 4.89. The monoisotopic (exact) mass is 863 g/mol. The summed E-state index contributed by atoms with van der Waals surface area (Å²) in [6, 6.07) is 30.8. The molecule has 6 aromatic rings. The molecule has 342 valence electrons. The van der Waals surface area contributed by atoms with Crippen LogP contribution in [0.1, 0.15) is 181 Å². The molecule has 0 N–H and O–H groups in total. The van der Waals surface area contributed by atoms with Crippen molar-refractivity contribution in [2.75, 3.05) is 0 Å². The molecule has 0 saturated heterocycles. The molecule has 0 aromatic heterocycles. The number of rotatable bonds is 27. The number of fused-ring (bicyclic) bond motifs is 4. The van der Waals surface area contributed by atoms with E-state index in [0.717, 1.165) is 118 Å². The lowest BCUT2D eigenvalue weighted by molar-refractivity contribution is -0.135. The molecule has 0 aliphatic rings. The largest absolute Gasteiger partial charge is 0.425 e. The van der Waals surface area contributed by atoms with Crippen LogP contribution in [0.25, 0.3) is 54.2 Å². The molecule has 0 radical (unpaired) electrons. The van der Waals surface area contributed by atoms with Gasteiger partial charge in [-0.15, -0.1) is 0 Å². The Morgan fingerprint density at radius 1 is 0.406 bits per heavy atom. The van der Waals surface area contributed by atoms with E-state index in [9.17, 15) is 9.59 Å². The second kappa shape index (κ2) is 25.1. The number of carbonyl (C=O) groups excluding carboxylic acids is 2. The van der Waals surface area contributed by atoms with E-state index in [-0.39, 0.29) is 11.9 Å². The van der Waals surface area contributed by atoms with Gasteiger partial charge in [0.2, 0.25) is 0 Å². The van der Waals surface area contributed by atoms with Crippen LogP contribution in [0.4, 0.5) is 0 Å². The third kappa shape index (κ3) is 12.3. The molecule has 2 atom stereocenters. The summed E-state index contributed by atoms with van der Waals surface area (Å²) in [4.78, 5) is 27.6. The predicted molar refractivity (Wildman–Crippen MR) is 274 cm³/mol. The van der Waals surface area contributed by atoms with Gasteiger partial charge in [-0.3, -0.25) is 9.59 Å². The minimum atomic E-state index is -0.170. The number of esters is 2. The molecule has 0 saturated carbocycles. The lowest BCUT2D eigenvalue weighted by Crippen LogP contribution is -2.09. The molecule has 0 aliphatic heterocycles. The van der Waals surface area contributed by atoms with Gasteiger partial charge in [0.05, 0.1) is 0 Å². The molecule has 0 bridgehead atoms. The maximum atomic E-state index is 13.8. The lowest BCUT2D eigenvalue weighted by Gasteiger charge is -2.23. The van der Waals surface area contributed by atoms with Gasteiger partial charge in [0.15, 0.2) is 0 Å². The van der Waals surface area contributed by atoms with E-state index in [2.05, 4.69) is 126 Å². The highest BCUT2D eigenvalue weighted by Gasteiger charge is 2.25. The normalized spacial score (nSPS) is 12.7. The fraction of sp³-hybridized carbons (Fsp3) is 0.500. The summed E-state index contributed by atoms with van der Waals surface area (Å²) >= 11 is 0. The van der Waals surface area contributed by atoms with Crippen molar-refractivity contribution in [2.24, 2.45) is 11.8 Å². The third-order valence-electron chi connectivity index (χ3n) is 13.9. The van der Waals surface area contributed by atoms with Crippen LogP contribution in [0, 0.1) is 11.8 Å². The van der Waals surface area contributed by atoms with Crippen molar-refractivity contribution in [2.45, 2.75) is 183 Å². The number of unbranched alkanes of at least 4 members (excludes halogenated alkanes) is 10. The van der Waals surface area contributed by atoms with E-state index in [1.807, 2.05) is 0 Å². The summed E-state index contributed by atoms with van der Waals surface area (Å²) in [5, 5.41) is 8.07. The first kappa shape index (κ1) is 48.7. The van der Waals surface area contributed by atoms with E-state index in [0.29, 0.717) is 36.2 Å². The molecule has 4 heteroatoms. The van der Waals surface area contributed by atoms with Gasteiger partial charge in [0.1, 0.15) is 11.5 Å². The van der Waals surface area contributed by atoms with Crippen molar-refractivity contribution >= 4 is 55.0 Å². The van der Waals surface area contributed by atoms with Gasteiger partial charge in [0.25, 0.3) is 0 Å². The van der Waals surface area contributed by atoms with Crippen LogP contribution in [-0.2, 0) is 22.4 Å². The smallest absolute Gasteiger partial charge is 0.311 e. The molecular weight excluding hydrogens is 785 g/mol. The van der Waals surface area contributed by atoms with E-state index < -0.39 is 0 Å². The van der Waals surface area contributed by atoms with Gasteiger partial charge in [-0.1, -0.05) is 229 Å². The van der Waals surface area contributed by atoms with Crippen molar-refractivity contribution in [3.05, 3.63) is 96.1 Å². The highest BCUT2D eigenvalue weighted by Crippen LogP contribution is 2.50. The second-order valence-corrected chi connectivity index (χ2v) is 18.8. The van der Waals surface area contributed by atoms with Crippen LogP contribution >= 0.6 is 0 Å². The highest BCUT2D eigenvalue weighted by molar-refractivity contribution is 6.27. The molecule has 6 aromatic carbocycles. The summed E-state index contributed by atoms with van der Waals surface area (Å²) in [6.45, 7) is 13.6. The van der Waals surface area contributed by atoms with Gasteiger partial charge in [-0.05, 0) is 81.3 Å². The SMILES string of the molecule is CCCCCCCC(=O)Oc1c2ccccc2c(-c2c3ccccc3c(OC(=O)CCCCCCC)c3ccc(CC(CC)CCCC)cc23)c2cc(CC(CC)CCCC)ccc12. The summed E-state index contributed by atoms with van der Waals surface area (Å²) in [7, 11) is 0. The van der Waals surface area contributed by atoms with Gasteiger partial charge in [-0.25, -0.2) is 0 Å². The first-order chi connectivity index (χ1) is 31.3. The van der Waals surface area contributed by atoms with Crippen molar-refractivity contribution in [3.63, 3.8) is 0 Å². The van der Waals surface area contributed by atoms with Crippen molar-refractivity contribution in [1.82, 2.24) is 0 Å². The second-order valence-electron chi connectivity index (χ2n) is 18.8. The zero-order chi connectivity index (χ0) is 45.3. The predicted octanol–water partition coefficient (Wildman–Crippen LogP) is 18.0. The molecule has 64 heavy (non-hydrogen) atoms. The zero-order valence-electron chi connectivity index (χ0n) is 40.4. The Hall–Kier alpha value is -4.70. The molecule has 6 rings (SSSR count). The van der Waals surface area contributed by atoms with E-state index in [1.54, 1.807) is 0 Å². The van der Waals surface area contributed by atoms with Gasteiger partial charge in [0, 0.05) is 34.4 Å². The molecule has 0 aliphatic carbocycles. The van der Waals surface area contributed by atoms with E-state index in [1.165, 1.54) is 75.3 Å². The number of carbonyl (C=O) groups is 2. The Morgan fingerprint density at radius 3 is 1.14 bits per heavy atom. The highest BCUT2D eigenvalue weighted by atomic mass is 16.5. The third-order valence-corrected chi connectivity index (χ3v) is 13.9. The Balaban J connectivity index is 1.63. The zero-order valence-corrected chi connectivity index (χ0v) is 40.4. The summed E-state index contributed by atoms with van der Waals surface area (Å²) < 4.78 is 13.1. The number of ether oxygens (including phenoxy) is 2. The van der Waals surface area contributed by atoms with Crippen LogP contribution in [0.2, 0.25) is 0 Å². The Labute approximate surface area is 385 Å². The van der Waals surface area contributed by atoms with Gasteiger partial charge in [-0.2, -0.15) is 0 Å². The van der Waals surface area contributed by atoms with Crippen LogP contribution in [0.3, 0.4) is 0 Å². The maximum Gasteiger partial charge on any atom is 0.311 e. The molecule has 0 fully saturated rings. The number of benzene rings is 6. The Morgan fingerprint density at radius 2 is 0.766 bits per heavy atom. The Kier molecular flexibility index (Phi) is 19.1. The Bertz CT molecular complexity index is 2270. The van der Waals surface area contributed by atoms with E-state index in [4.69, 9.17) is 9.47 Å². The summed E-state index contributed by atoms with van der Waals surface area (Å²) in [6.07, 6.45) is 23.1. The molecular formula is C60H78O4. The quantitative estimate of drug-likeness (QED) is 0.0224. The maximum absolute atomic E-state index is 13.8. The fourth-order valence-electron chi connectivity index (χ4n) is 10.0. The van der Waals surface area contributed by atoms with Crippen molar-refractivity contribution in [3.8, 4) is 22.6 Å². The molecule has 4 nitrogen and oxygen atoms in total. The molecule has 0 heterocycles. The fourth-order valence-corrected chi connectivity index (χ4v) is 10.0. The van der Waals surface area contributed by atoms with Crippen LogP contribution in [0.15, 0.2) is 84.9 Å². The van der Waals surface area contributed by atoms with Crippen LogP contribution in [-0.4, -0.2) is 11.9 Å². The van der Waals surface area contributed by atoms with Crippen molar-refractivity contribution < 1.29 is 19.1 Å². The molecule has 2 unspecified atom stereocenters. The van der Waals surface area contributed by atoms with Crippen LogP contribution < -0.4 is 9.47 Å². The number of hydrogen-bond donors (Lipinski definition) is 0. The topological polar surface area (TPSA) is 52.6 Å². The summed E-state index contributed by atoms with van der Waals surface area (Å²) in [5.74, 6) is 2.15. The van der Waals surface area contributed by atoms with Gasteiger partial charge >= 0.3 is 11.9 Å². The first-order valence-electron chi connectivity index (χ1n) is 25.7. The lowest BCUT2D eigenvalue weighted by atomic mass is 9.83.